The number of hydrogen-bond donors (Lipinski definition) is 1. The van der Waals surface area contributed by atoms with Gasteiger partial charge in [0.05, 0.1) is 10.6 Å². The molecular weight excluding hydrogens is 328 g/mol. The van der Waals surface area contributed by atoms with E-state index in [1.165, 1.54) is 0 Å². The highest BCUT2D eigenvalue weighted by Gasteiger charge is 2.17. The topological polar surface area (TPSA) is 70.0 Å². The summed E-state index contributed by atoms with van der Waals surface area (Å²) in [5, 5.41) is 10.8. The van der Waals surface area contributed by atoms with Crippen LogP contribution in [-0.2, 0) is 10.0 Å². The van der Waals surface area contributed by atoms with Gasteiger partial charge in [-0.2, -0.15) is 5.26 Å². The van der Waals surface area contributed by atoms with Crippen LogP contribution in [0.2, 0.25) is 0 Å². The number of anilines is 1. The maximum Gasteiger partial charge on any atom is 0.261 e. The lowest BCUT2D eigenvalue weighted by Gasteiger charge is -2.15. The molecule has 0 atom stereocenters. The summed E-state index contributed by atoms with van der Waals surface area (Å²) in [6.07, 6.45) is 0. The second-order valence-corrected chi connectivity index (χ2v) is 8.02. The molecule has 0 aliphatic rings. The number of thiocyanates is 1. The molecule has 0 heterocycles. The van der Waals surface area contributed by atoms with Gasteiger partial charge in [-0.05, 0) is 86.0 Å². The summed E-state index contributed by atoms with van der Waals surface area (Å²) in [5.41, 5.74) is 4.12. The van der Waals surface area contributed by atoms with E-state index in [-0.39, 0.29) is 4.90 Å². The van der Waals surface area contributed by atoms with Crippen molar-refractivity contribution in [1.29, 1.82) is 5.26 Å². The highest BCUT2D eigenvalue weighted by atomic mass is 32.2. The number of nitriles is 1. The molecule has 2 aromatic carbocycles. The Hall–Kier alpha value is -1.97. The van der Waals surface area contributed by atoms with E-state index >= 15 is 0 Å². The Morgan fingerprint density at radius 1 is 0.957 bits per heavy atom. The molecule has 2 rings (SSSR count). The van der Waals surface area contributed by atoms with E-state index < -0.39 is 10.0 Å². The van der Waals surface area contributed by atoms with E-state index in [0.717, 1.165) is 38.9 Å². The summed E-state index contributed by atoms with van der Waals surface area (Å²) in [4.78, 5) is 1.05. The number of hydrogen-bond acceptors (Lipinski definition) is 4. The molecule has 23 heavy (non-hydrogen) atoms. The predicted octanol–water partition coefficient (Wildman–Crippen LogP) is 4.29. The molecule has 0 aromatic heterocycles. The maximum absolute atomic E-state index is 12.6. The smallest absolute Gasteiger partial charge is 0.261 e. The number of sulfonamides is 1. The lowest BCUT2D eigenvalue weighted by molar-refractivity contribution is 0.601. The molecule has 0 saturated heterocycles. The summed E-state index contributed by atoms with van der Waals surface area (Å²) in [6, 6.07) is 8.69. The van der Waals surface area contributed by atoms with Crippen LogP contribution >= 0.6 is 11.8 Å². The van der Waals surface area contributed by atoms with Crippen LogP contribution in [0.15, 0.2) is 40.1 Å². The monoisotopic (exact) mass is 346 g/mol. The van der Waals surface area contributed by atoms with Gasteiger partial charge in [0.25, 0.3) is 10.0 Å². The van der Waals surface area contributed by atoms with Gasteiger partial charge in [0.15, 0.2) is 0 Å². The zero-order valence-corrected chi connectivity index (χ0v) is 15.1. The fraction of sp³-hybridized carbons (Fsp3) is 0.235. The van der Waals surface area contributed by atoms with Gasteiger partial charge in [0, 0.05) is 4.90 Å². The molecule has 0 bridgehead atoms. The molecule has 0 radical (unpaired) electrons. The van der Waals surface area contributed by atoms with Gasteiger partial charge in [-0.15, -0.1) is 0 Å². The second kappa shape index (κ2) is 6.65. The summed E-state index contributed by atoms with van der Waals surface area (Å²) < 4.78 is 27.9. The van der Waals surface area contributed by atoms with Crippen LogP contribution < -0.4 is 4.72 Å². The van der Waals surface area contributed by atoms with Crippen molar-refractivity contribution in [3.8, 4) is 5.40 Å². The van der Waals surface area contributed by atoms with Gasteiger partial charge >= 0.3 is 0 Å². The number of rotatable bonds is 4. The first-order valence-corrected chi connectivity index (χ1v) is 9.32. The van der Waals surface area contributed by atoms with Crippen molar-refractivity contribution in [3.05, 3.63) is 52.6 Å². The van der Waals surface area contributed by atoms with E-state index in [4.69, 9.17) is 5.26 Å². The Bertz CT molecular complexity index is 874. The van der Waals surface area contributed by atoms with Crippen LogP contribution in [0.4, 0.5) is 5.69 Å². The van der Waals surface area contributed by atoms with Gasteiger partial charge < -0.3 is 0 Å². The van der Waals surface area contributed by atoms with Crippen LogP contribution in [0.5, 0.6) is 0 Å². The predicted molar refractivity (Wildman–Crippen MR) is 94.1 cm³/mol. The summed E-state index contributed by atoms with van der Waals surface area (Å²) in [5.74, 6) is 0. The Morgan fingerprint density at radius 2 is 1.57 bits per heavy atom. The second-order valence-electron chi connectivity index (χ2n) is 5.48. The van der Waals surface area contributed by atoms with E-state index in [9.17, 15) is 8.42 Å². The molecule has 0 fully saturated rings. The van der Waals surface area contributed by atoms with Crippen LogP contribution in [0.1, 0.15) is 22.3 Å². The number of nitrogens with one attached hydrogen (secondary N) is 1. The van der Waals surface area contributed by atoms with Crippen LogP contribution in [0.25, 0.3) is 0 Å². The van der Waals surface area contributed by atoms with E-state index in [1.54, 1.807) is 30.3 Å². The van der Waals surface area contributed by atoms with Crippen molar-refractivity contribution < 1.29 is 8.42 Å². The molecule has 0 amide bonds. The molecule has 1 N–H and O–H groups in total. The third-order valence-electron chi connectivity index (χ3n) is 3.69. The molecule has 6 heteroatoms. The molecule has 0 saturated carbocycles. The normalized spacial score (nSPS) is 11.1. The van der Waals surface area contributed by atoms with Crippen molar-refractivity contribution in [2.45, 2.75) is 37.5 Å². The Balaban J connectivity index is 2.41. The first-order chi connectivity index (χ1) is 10.7. The first-order valence-electron chi connectivity index (χ1n) is 7.02. The van der Waals surface area contributed by atoms with E-state index in [0.29, 0.717) is 5.69 Å². The molecule has 0 unspecified atom stereocenters. The SMILES string of the molecule is Cc1ccc(S(=O)(=O)Nc2c(C)cc(SC#N)cc2C)cc1C. The summed E-state index contributed by atoms with van der Waals surface area (Å²) in [6.45, 7) is 7.48. The first kappa shape index (κ1) is 17.4. The number of thioether (sulfide) groups is 1. The lowest BCUT2D eigenvalue weighted by Crippen LogP contribution is -2.15. The van der Waals surface area contributed by atoms with Gasteiger partial charge in [-0.1, -0.05) is 6.07 Å². The molecule has 4 nitrogen and oxygen atoms in total. The standard InChI is InChI=1S/C17H18N2O2S2/c1-11-5-6-16(9-12(11)2)23(20,21)19-17-13(3)7-15(22-10-18)8-14(17)4/h5-9,19H,1-4H3. The van der Waals surface area contributed by atoms with Gasteiger partial charge in [-0.3, -0.25) is 4.72 Å². The molecular formula is C17H18N2O2S2. The maximum atomic E-state index is 12.6. The van der Waals surface area contributed by atoms with Gasteiger partial charge in [0.1, 0.15) is 5.40 Å². The van der Waals surface area contributed by atoms with Crippen molar-refractivity contribution in [2.75, 3.05) is 4.72 Å². The third-order valence-corrected chi connectivity index (χ3v) is 5.60. The quantitative estimate of drug-likeness (QED) is 0.662. The van der Waals surface area contributed by atoms with Crippen molar-refractivity contribution in [2.24, 2.45) is 0 Å². The van der Waals surface area contributed by atoms with Gasteiger partial charge in [0.2, 0.25) is 0 Å². The highest BCUT2D eigenvalue weighted by molar-refractivity contribution is 8.03. The third kappa shape index (κ3) is 3.87. The van der Waals surface area contributed by atoms with Gasteiger partial charge in [-0.25, -0.2) is 8.42 Å². The van der Waals surface area contributed by atoms with Crippen molar-refractivity contribution in [1.82, 2.24) is 0 Å². The average molecular weight is 346 g/mol. The minimum absolute atomic E-state index is 0.245. The molecule has 2 aromatic rings. The molecule has 0 aliphatic heterocycles. The zero-order chi connectivity index (χ0) is 17.2. The molecule has 0 aliphatic carbocycles. The van der Waals surface area contributed by atoms with E-state index in [2.05, 4.69) is 4.72 Å². The number of nitrogens with zero attached hydrogens (tertiary/aromatic N) is 1. The average Bonchev–Trinajstić information content (AvgIpc) is 2.46. The largest absolute Gasteiger partial charge is 0.279 e. The lowest BCUT2D eigenvalue weighted by atomic mass is 10.1. The van der Waals surface area contributed by atoms with Crippen LogP contribution in [-0.4, -0.2) is 8.42 Å². The minimum atomic E-state index is -3.64. The minimum Gasteiger partial charge on any atom is -0.279 e. The number of aryl methyl sites for hydroxylation is 4. The summed E-state index contributed by atoms with van der Waals surface area (Å²) in [7, 11) is -3.64. The molecule has 0 spiro atoms. The van der Waals surface area contributed by atoms with Crippen molar-refractivity contribution in [3.63, 3.8) is 0 Å². The fourth-order valence-corrected chi connectivity index (χ4v) is 4.14. The Morgan fingerprint density at radius 3 is 2.09 bits per heavy atom. The zero-order valence-electron chi connectivity index (χ0n) is 13.5. The fourth-order valence-electron chi connectivity index (χ4n) is 2.27. The highest BCUT2D eigenvalue weighted by Crippen LogP contribution is 2.29. The Kier molecular flexibility index (Phi) is 5.03. The number of benzene rings is 2. The van der Waals surface area contributed by atoms with Crippen LogP contribution in [0, 0.1) is 38.4 Å². The molecule has 120 valence electrons. The Labute approximate surface area is 141 Å². The van der Waals surface area contributed by atoms with Crippen LogP contribution in [0.3, 0.4) is 0 Å². The van der Waals surface area contributed by atoms with Crippen molar-refractivity contribution >= 4 is 27.5 Å². The summed E-state index contributed by atoms with van der Waals surface area (Å²) >= 11 is 1.06. The van der Waals surface area contributed by atoms with E-state index in [1.807, 2.05) is 33.1 Å².